The van der Waals surface area contributed by atoms with Crippen molar-refractivity contribution in [1.82, 2.24) is 0 Å². The zero-order valence-electron chi connectivity index (χ0n) is 72.6. The van der Waals surface area contributed by atoms with Gasteiger partial charge in [0.1, 0.15) is 48.8 Å². The van der Waals surface area contributed by atoms with Crippen molar-refractivity contribution >= 4 is 58.2 Å². The SMILES string of the molecule is CC(C)CCC[C@@H](C)[C@H]1CC[C@H]2[C@@H]3CC=C4C[C@@H](O[C@@H]5O[C@H](CO[Si](C)(C)C(C)(C)C)[C@@H](O[Si](C)(C)C(C)(C)C)[C@H](O[Si](C)(C)C(C)(C)C)[C@H]5O[C@@H]5O[C@H](CO[Si](C)(C)C(C)(C)C)[C@@H](O[Si](C)(C)C(C)(C)C)[C@H](O[Si](C)(C)C(C)(C)C)[C@H]5O[Si](C)(C)C(C)(C)C)CC[C@]4(C)[C@H]3CC[C@]12C. The summed E-state index contributed by atoms with van der Waals surface area (Å²) < 4.78 is 87.7. The van der Waals surface area contributed by atoms with E-state index in [0.717, 1.165) is 48.9 Å². The molecule has 18 atom stereocenters. The van der Waals surface area contributed by atoms with Crippen LogP contribution in [0, 0.1) is 46.3 Å². The molecule has 4 aliphatic carbocycles. The van der Waals surface area contributed by atoms with Crippen molar-refractivity contribution in [2.45, 2.75) is 445 Å². The second-order valence-electron chi connectivity index (χ2n) is 44.8. The Bertz CT molecular complexity index is 2660. The maximum absolute atomic E-state index is 8.37. The fourth-order valence-corrected chi connectivity index (χ4v) is 24.3. The Morgan fingerprint density at radius 1 is 0.424 bits per heavy atom. The van der Waals surface area contributed by atoms with Gasteiger partial charge in [0.2, 0.25) is 0 Å². The lowest BCUT2D eigenvalue weighted by molar-refractivity contribution is -0.366. The van der Waals surface area contributed by atoms with Gasteiger partial charge >= 0.3 is 0 Å². The minimum atomic E-state index is -2.73. The molecular weight excluding hydrogens is 1350 g/mol. The molecule has 0 spiro atoms. The van der Waals surface area contributed by atoms with Crippen molar-refractivity contribution in [2.24, 2.45) is 46.3 Å². The lowest BCUT2D eigenvalue weighted by Gasteiger charge is -2.59. The predicted octanol–water partition coefficient (Wildman–Crippen LogP) is 24.2. The van der Waals surface area contributed by atoms with Crippen LogP contribution in [-0.4, -0.2) is 139 Å². The average molecular weight is 1510 g/mol. The van der Waals surface area contributed by atoms with Crippen molar-refractivity contribution in [3.05, 3.63) is 11.6 Å². The van der Waals surface area contributed by atoms with Gasteiger partial charge in [0, 0.05) is 0 Å². The van der Waals surface area contributed by atoms with Crippen molar-refractivity contribution in [3.63, 3.8) is 0 Å². The van der Waals surface area contributed by atoms with E-state index in [1.54, 1.807) is 5.57 Å². The molecule has 2 aliphatic heterocycles. The lowest BCUT2D eigenvalue weighted by Crippen LogP contribution is -2.71. The van der Waals surface area contributed by atoms with Gasteiger partial charge in [0.15, 0.2) is 70.8 Å². The Morgan fingerprint density at radius 3 is 1.19 bits per heavy atom. The van der Waals surface area contributed by atoms with E-state index in [1.807, 2.05) is 0 Å². The van der Waals surface area contributed by atoms with E-state index in [2.05, 4.69) is 278 Å². The topological polar surface area (TPSA) is 102 Å². The fourth-order valence-electron chi connectivity index (χ4n) is 15.8. The molecule has 99 heavy (non-hydrogen) atoms. The third kappa shape index (κ3) is 19.7. The number of fused-ring (bicyclic) bond motifs is 5. The van der Waals surface area contributed by atoms with Crippen LogP contribution in [0.5, 0.6) is 0 Å². The zero-order valence-corrected chi connectivity index (χ0v) is 79.6. The third-order valence-corrected chi connectivity index (χ3v) is 61.4. The van der Waals surface area contributed by atoms with Crippen LogP contribution in [0.2, 0.25) is 127 Å². The van der Waals surface area contributed by atoms with E-state index in [0.29, 0.717) is 24.5 Å². The van der Waals surface area contributed by atoms with E-state index < -0.39 is 120 Å². The zero-order chi connectivity index (χ0) is 76.1. The largest absolute Gasteiger partial charge is 0.414 e. The first-order chi connectivity index (χ1) is 44.2. The second-order valence-corrected chi connectivity index (χ2v) is 78.2. The monoisotopic (exact) mass is 1510 g/mol. The summed E-state index contributed by atoms with van der Waals surface area (Å²) in [5.74, 6) is 4.61. The molecule has 0 amide bonds. The van der Waals surface area contributed by atoms with Gasteiger partial charge in [-0.05, 0) is 225 Å². The van der Waals surface area contributed by atoms with Crippen molar-refractivity contribution < 1.29 is 49.9 Å². The molecule has 2 saturated heterocycles. The summed E-state index contributed by atoms with van der Waals surface area (Å²) in [4.78, 5) is 0. The Morgan fingerprint density at radius 2 is 0.798 bits per heavy atom. The molecule has 0 aromatic carbocycles. The number of ether oxygens (including phenoxy) is 4. The molecule has 582 valence electrons. The standard InChI is InChI=1S/C81H164O11Si7/c1-55(2)42-41-43-56(3)60-46-47-61-59-45-44-57-52-58(48-50-80(57,25)62(59)49-51-81(60,61)26)84-71-69(67(90-97(35,36)77(16,17)18)65(88-95(31,32)75(10,11)12)63(85-71)53-82-93(27,28)73(4,5)6)87-72-70(92-99(39,40)79(22,23)24)68(91-98(37,38)78(19,20)21)66(89-96(33,34)76(13,14)15)64(86-72)54-83-94(29,30)74(7,8)9/h44,55-56,58-72H,41-43,45-54H2,1-40H3/t56-,58+,59+,60-,61+,62+,63-,64-,65-,66-,67+,68+,69-,70-,71-,72+,80+,81-/m1/s1. The predicted molar refractivity (Wildman–Crippen MR) is 437 cm³/mol. The van der Waals surface area contributed by atoms with Gasteiger partial charge in [-0.25, -0.2) is 0 Å². The molecule has 0 radical (unpaired) electrons. The van der Waals surface area contributed by atoms with Crippen LogP contribution >= 0.6 is 0 Å². The van der Waals surface area contributed by atoms with E-state index in [4.69, 9.17) is 49.9 Å². The molecule has 0 unspecified atom stereocenters. The number of rotatable bonds is 25. The highest BCUT2D eigenvalue weighted by Gasteiger charge is 2.64. The van der Waals surface area contributed by atoms with Crippen LogP contribution in [0.15, 0.2) is 11.6 Å². The van der Waals surface area contributed by atoms with Gasteiger partial charge in [0.25, 0.3) is 0 Å². The molecule has 6 rings (SSSR count). The van der Waals surface area contributed by atoms with Crippen LogP contribution < -0.4 is 0 Å². The molecule has 5 fully saturated rings. The van der Waals surface area contributed by atoms with Crippen molar-refractivity contribution in [2.75, 3.05) is 13.2 Å². The summed E-state index contributed by atoms with van der Waals surface area (Å²) >= 11 is 0. The molecule has 11 nitrogen and oxygen atoms in total. The van der Waals surface area contributed by atoms with Crippen molar-refractivity contribution in [3.8, 4) is 0 Å². The van der Waals surface area contributed by atoms with Gasteiger partial charge in [-0.2, -0.15) is 0 Å². The van der Waals surface area contributed by atoms with E-state index in [1.165, 1.54) is 51.4 Å². The molecule has 6 aliphatic rings. The molecule has 0 aromatic rings. The highest BCUT2D eigenvalue weighted by Crippen LogP contribution is 2.68. The molecule has 0 bridgehead atoms. The third-order valence-electron chi connectivity index (χ3n) is 30.1. The van der Waals surface area contributed by atoms with Crippen molar-refractivity contribution in [1.29, 1.82) is 0 Å². The Balaban J connectivity index is 1.61. The quantitative estimate of drug-likeness (QED) is 0.0645. The molecule has 18 heteroatoms. The summed E-state index contributed by atoms with van der Waals surface area (Å²) in [6.07, 6.45) is 9.23. The number of hydrogen-bond acceptors (Lipinski definition) is 11. The summed E-state index contributed by atoms with van der Waals surface area (Å²) in [6, 6.07) is 0. The van der Waals surface area contributed by atoms with Gasteiger partial charge in [-0.1, -0.05) is 211 Å². The Hall–Kier alpha value is 0.818. The second kappa shape index (κ2) is 30.6. The summed E-state index contributed by atoms with van der Waals surface area (Å²) in [6.45, 7) is 95.7. The molecule has 0 aromatic heterocycles. The van der Waals surface area contributed by atoms with Gasteiger partial charge < -0.3 is 49.9 Å². The average Bonchev–Trinajstić information content (AvgIpc) is 1.70. The molecule has 2 heterocycles. The van der Waals surface area contributed by atoms with Crippen LogP contribution in [-0.2, 0) is 49.9 Å². The van der Waals surface area contributed by atoms with Crippen LogP contribution in [0.4, 0.5) is 0 Å². The first-order valence-electron chi connectivity index (χ1n) is 40.2. The smallest absolute Gasteiger partial charge is 0.192 e. The number of allylic oxidation sites excluding steroid dienone is 1. The maximum Gasteiger partial charge on any atom is 0.192 e. The van der Waals surface area contributed by atoms with Gasteiger partial charge in [-0.15, -0.1) is 0 Å². The fraction of sp³-hybridized carbons (Fsp3) is 0.975. The molecule has 0 N–H and O–H groups in total. The van der Waals surface area contributed by atoms with E-state index in [-0.39, 0.29) is 46.8 Å². The Labute approximate surface area is 620 Å². The van der Waals surface area contributed by atoms with Crippen LogP contribution in [0.25, 0.3) is 0 Å². The summed E-state index contributed by atoms with van der Waals surface area (Å²) in [7, 11) is -18.1. The summed E-state index contributed by atoms with van der Waals surface area (Å²) in [5, 5.41) is -0.897. The lowest BCUT2D eigenvalue weighted by atomic mass is 9.47. The summed E-state index contributed by atoms with van der Waals surface area (Å²) in [5.41, 5.74) is 2.15. The van der Waals surface area contributed by atoms with E-state index in [9.17, 15) is 0 Å². The maximum atomic E-state index is 8.37. The molecular formula is C81H164O11Si7. The minimum absolute atomic E-state index is 0.0446. The van der Waals surface area contributed by atoms with Gasteiger partial charge in [0.05, 0.1) is 19.3 Å². The Kier molecular flexibility index (Phi) is 27.4. The van der Waals surface area contributed by atoms with Crippen LogP contribution in [0.1, 0.15) is 251 Å². The highest BCUT2D eigenvalue weighted by molar-refractivity contribution is 6.76. The highest BCUT2D eigenvalue weighted by atomic mass is 28.4. The van der Waals surface area contributed by atoms with Crippen LogP contribution in [0.3, 0.4) is 0 Å². The van der Waals surface area contributed by atoms with Gasteiger partial charge in [-0.3, -0.25) is 0 Å². The minimum Gasteiger partial charge on any atom is -0.414 e. The first kappa shape index (κ1) is 88.7. The normalized spacial score (nSPS) is 33.7. The molecule has 3 saturated carbocycles. The van der Waals surface area contributed by atoms with E-state index >= 15 is 0 Å². The number of hydrogen-bond donors (Lipinski definition) is 0. The first-order valence-corrected chi connectivity index (χ1v) is 60.5.